The number of rotatable bonds is 12. The lowest BCUT2D eigenvalue weighted by Crippen LogP contribution is -2.33. The molecule has 2 aromatic carbocycles. The Hall–Kier alpha value is -5.05. The van der Waals surface area contributed by atoms with E-state index >= 15 is 0 Å². The van der Waals surface area contributed by atoms with Crippen LogP contribution in [0.15, 0.2) is 46.2 Å². The van der Waals surface area contributed by atoms with Gasteiger partial charge in [0.1, 0.15) is 23.0 Å². The molecule has 0 radical (unpaired) electrons. The largest absolute Gasteiger partial charge is 0.444 e. The minimum Gasteiger partial charge on any atom is -0.444 e. The smallest absolute Gasteiger partial charge is 0.407 e. The molecule has 0 fully saturated rings. The molecule has 0 spiro atoms. The van der Waals surface area contributed by atoms with Gasteiger partial charge >= 0.3 is 12.2 Å². The van der Waals surface area contributed by atoms with Gasteiger partial charge in [0.05, 0.1) is 9.79 Å². The highest BCUT2D eigenvalue weighted by molar-refractivity contribution is 7.91. The molecule has 272 valence electrons. The second-order valence-corrected chi connectivity index (χ2v) is 16.2. The number of amides is 2. The minimum atomic E-state index is -4.42. The summed E-state index contributed by atoms with van der Waals surface area (Å²) in [5.41, 5.74) is -2.14. The molecule has 0 aromatic heterocycles. The summed E-state index contributed by atoms with van der Waals surface area (Å²) in [6.45, 7) is 10.3. The van der Waals surface area contributed by atoms with Gasteiger partial charge in [-0.3, -0.25) is 28.8 Å². The number of nitrogens with one attached hydrogen (secondary N) is 2. The van der Waals surface area contributed by atoms with Crippen molar-refractivity contribution in [3.05, 3.63) is 58.7 Å². The number of fused-ring (bicyclic) bond motifs is 2. The highest BCUT2D eigenvalue weighted by Gasteiger charge is 2.45. The summed E-state index contributed by atoms with van der Waals surface area (Å²) in [5, 5.41) is 4.98. The van der Waals surface area contributed by atoms with Crippen LogP contribution >= 0.6 is 0 Å². The quantitative estimate of drug-likeness (QED) is 0.232. The van der Waals surface area contributed by atoms with E-state index in [0.29, 0.717) is 0 Å². The zero-order valence-electron chi connectivity index (χ0n) is 29.2. The fraction of sp³-hybridized carbons (Fsp3) is 0.444. The molecule has 15 heteroatoms. The van der Waals surface area contributed by atoms with Gasteiger partial charge in [-0.05, 0) is 90.8 Å². The lowest BCUT2D eigenvalue weighted by atomic mass is 9.95. The van der Waals surface area contributed by atoms with Gasteiger partial charge in [-0.25, -0.2) is 18.0 Å². The van der Waals surface area contributed by atoms with Crippen LogP contribution in [0.1, 0.15) is 109 Å². The van der Waals surface area contributed by atoms with E-state index in [9.17, 15) is 46.8 Å². The van der Waals surface area contributed by atoms with Crippen molar-refractivity contribution in [2.75, 3.05) is 13.1 Å². The normalized spacial score (nSPS) is 17.1. The Morgan fingerprint density at radius 1 is 0.588 bits per heavy atom. The molecule has 2 atom stereocenters. The van der Waals surface area contributed by atoms with Crippen molar-refractivity contribution in [2.45, 2.75) is 88.2 Å². The molecule has 2 amide bonds. The molecule has 0 aliphatic heterocycles. The molecular formula is C36H40N2O12S. The fourth-order valence-electron chi connectivity index (χ4n) is 5.62. The SMILES string of the molecule is CC(C)(C)OC(=O)NCCCC(=O)C1C(=O)c2ccc(S(=O)(=O)c3ccc4c(c3)C(=O)C(C(=O)CCCNC(=O)OC(C)(C)C)C4=O)cc2C1=O. The summed E-state index contributed by atoms with van der Waals surface area (Å²) in [6.07, 6.45) is -1.52. The van der Waals surface area contributed by atoms with E-state index in [1.54, 1.807) is 41.5 Å². The topological polar surface area (TPSA) is 213 Å². The molecule has 2 aliphatic carbocycles. The Bertz CT molecular complexity index is 1820. The Morgan fingerprint density at radius 2 is 0.922 bits per heavy atom. The summed E-state index contributed by atoms with van der Waals surface area (Å²) in [6, 6.07) is 6.51. The maximum Gasteiger partial charge on any atom is 0.407 e. The van der Waals surface area contributed by atoms with Gasteiger partial charge in [0.2, 0.25) is 9.84 Å². The molecule has 0 saturated heterocycles. The average Bonchev–Trinajstić information content (AvgIpc) is 3.42. The Kier molecular flexibility index (Phi) is 11.1. The molecule has 0 saturated carbocycles. The first-order valence-corrected chi connectivity index (χ1v) is 17.8. The molecule has 14 nitrogen and oxygen atoms in total. The molecule has 2 unspecified atom stereocenters. The maximum atomic E-state index is 13.7. The first kappa shape index (κ1) is 38.7. The summed E-state index contributed by atoms with van der Waals surface area (Å²) < 4.78 is 37.6. The number of benzene rings is 2. The summed E-state index contributed by atoms with van der Waals surface area (Å²) in [7, 11) is -4.42. The van der Waals surface area contributed by atoms with Crippen LogP contribution in [0.5, 0.6) is 0 Å². The minimum absolute atomic E-state index is 0.0577. The van der Waals surface area contributed by atoms with Crippen LogP contribution in [0.2, 0.25) is 0 Å². The van der Waals surface area contributed by atoms with Crippen LogP contribution in [0.25, 0.3) is 0 Å². The summed E-state index contributed by atoms with van der Waals surface area (Å²) in [4.78, 5) is 101. The van der Waals surface area contributed by atoms with Crippen molar-refractivity contribution in [2.24, 2.45) is 11.8 Å². The third-order valence-electron chi connectivity index (χ3n) is 7.89. The van der Waals surface area contributed by atoms with Gasteiger partial charge < -0.3 is 20.1 Å². The third-order valence-corrected chi connectivity index (χ3v) is 9.64. The standard InChI is InChI=1S/C36H40N2O12S/c1-35(2,3)49-33(45)37-15-7-9-25(39)27-29(41)21-13-11-19(17-23(21)31(27)43)51(47,48)20-12-14-22-24(18-20)32(44)28(30(22)42)26(40)10-8-16-38-34(46)50-36(4,5)6/h11-14,17-18,27-28H,7-10,15-16H2,1-6H3,(H,37,45)(H,38,46). The van der Waals surface area contributed by atoms with Gasteiger partial charge in [-0.1, -0.05) is 0 Å². The zero-order valence-corrected chi connectivity index (χ0v) is 30.0. The van der Waals surface area contributed by atoms with Gasteiger partial charge in [-0.15, -0.1) is 0 Å². The molecular weight excluding hydrogens is 684 g/mol. The van der Waals surface area contributed by atoms with E-state index in [1.165, 1.54) is 0 Å². The Labute approximate surface area is 294 Å². The van der Waals surface area contributed by atoms with E-state index in [-0.39, 0.29) is 70.8 Å². The summed E-state index contributed by atoms with van der Waals surface area (Å²) >= 11 is 0. The molecule has 2 N–H and O–H groups in total. The first-order chi connectivity index (χ1) is 23.6. The highest BCUT2D eigenvalue weighted by Crippen LogP contribution is 2.35. The van der Waals surface area contributed by atoms with Gasteiger partial charge in [0.25, 0.3) is 0 Å². The second kappa shape index (κ2) is 14.7. The number of ether oxygens (including phenoxy) is 2. The monoisotopic (exact) mass is 724 g/mol. The lowest BCUT2D eigenvalue weighted by Gasteiger charge is -2.19. The van der Waals surface area contributed by atoms with Gasteiger partial charge in [0, 0.05) is 48.2 Å². The van der Waals surface area contributed by atoms with Crippen molar-refractivity contribution in [3.8, 4) is 0 Å². The first-order valence-electron chi connectivity index (χ1n) is 16.3. The van der Waals surface area contributed by atoms with Crippen LogP contribution in [0.4, 0.5) is 9.59 Å². The van der Waals surface area contributed by atoms with Crippen molar-refractivity contribution in [3.63, 3.8) is 0 Å². The summed E-state index contributed by atoms with van der Waals surface area (Å²) in [5.74, 6) is -7.88. The van der Waals surface area contributed by atoms with E-state index in [0.717, 1.165) is 36.4 Å². The fourth-order valence-corrected chi connectivity index (χ4v) is 6.94. The highest BCUT2D eigenvalue weighted by atomic mass is 32.2. The number of hydrogen-bond donors (Lipinski definition) is 2. The number of hydrogen-bond acceptors (Lipinski definition) is 12. The van der Waals surface area contributed by atoms with Crippen molar-refractivity contribution >= 4 is 56.7 Å². The maximum absolute atomic E-state index is 13.7. The lowest BCUT2D eigenvalue weighted by molar-refractivity contribution is -0.121. The Morgan fingerprint density at radius 3 is 1.25 bits per heavy atom. The van der Waals surface area contributed by atoms with Crippen LogP contribution < -0.4 is 10.6 Å². The van der Waals surface area contributed by atoms with E-state index in [4.69, 9.17) is 9.47 Å². The number of Topliss-reactive ketones (excluding diaryl/α,β-unsaturated/α-hetero) is 6. The predicted octanol–water partition coefficient (Wildman–Crippen LogP) is 4.26. The van der Waals surface area contributed by atoms with Crippen LogP contribution in [0, 0.1) is 11.8 Å². The van der Waals surface area contributed by atoms with Crippen LogP contribution in [0.3, 0.4) is 0 Å². The Balaban J connectivity index is 1.42. The van der Waals surface area contributed by atoms with Gasteiger partial charge in [0.15, 0.2) is 34.7 Å². The molecule has 4 rings (SSSR count). The number of carbonyl (C=O) groups is 8. The molecule has 2 aliphatic rings. The zero-order chi connectivity index (χ0) is 38.1. The second-order valence-electron chi connectivity index (χ2n) is 14.2. The van der Waals surface area contributed by atoms with E-state index < -0.39 is 79.8 Å². The third kappa shape index (κ3) is 8.82. The van der Waals surface area contributed by atoms with Crippen molar-refractivity contribution in [1.82, 2.24) is 10.6 Å². The number of alkyl carbamates (subject to hydrolysis) is 2. The number of ketones is 6. The van der Waals surface area contributed by atoms with Crippen molar-refractivity contribution < 1.29 is 56.2 Å². The predicted molar refractivity (Wildman–Crippen MR) is 180 cm³/mol. The van der Waals surface area contributed by atoms with Crippen LogP contribution in [-0.4, -0.2) is 79.6 Å². The molecule has 2 aromatic rings. The molecule has 0 bridgehead atoms. The number of sulfone groups is 1. The van der Waals surface area contributed by atoms with Gasteiger partial charge in [-0.2, -0.15) is 0 Å². The molecule has 51 heavy (non-hydrogen) atoms. The average molecular weight is 725 g/mol. The molecule has 0 heterocycles. The number of carbonyl (C=O) groups excluding carboxylic acids is 8. The van der Waals surface area contributed by atoms with Crippen LogP contribution in [-0.2, 0) is 28.9 Å². The van der Waals surface area contributed by atoms with E-state index in [1.807, 2.05) is 0 Å². The van der Waals surface area contributed by atoms with Crippen molar-refractivity contribution in [1.29, 1.82) is 0 Å². The van der Waals surface area contributed by atoms with E-state index in [2.05, 4.69) is 10.6 Å².